The van der Waals surface area contributed by atoms with Crippen LogP contribution < -0.4 is 13.9 Å². The molecule has 4 aromatic carbocycles. The maximum atomic E-state index is 13.7. The van der Waals surface area contributed by atoms with Gasteiger partial charge < -0.3 is 19.4 Å². The SMILES string of the molecule is COc1ccc(N2CCN(C)CC2)c2c1CCN(C(=O)Cc1ccc(N(Cc3ccccc3)[SH+](=O)c3ccccc3)cc1)C2. The van der Waals surface area contributed by atoms with E-state index in [4.69, 9.17) is 4.74 Å². The standard InChI is InChI=1S/C36H40N4O3S/c1-37-21-23-38(24-22-37)34-17-18-35(43-2)32-19-20-39(27-33(32)34)36(41)25-28-13-15-30(16-14-28)40(26-29-9-5-3-6-10-29)44(42)31-11-7-4-8-12-31/h3-18H,19-27H2,1-2H3/p+1. The smallest absolute Gasteiger partial charge is 0.227 e. The van der Waals surface area contributed by atoms with Crippen molar-refractivity contribution in [2.24, 2.45) is 0 Å². The highest BCUT2D eigenvalue weighted by Gasteiger charge is 2.28. The number of amides is 1. The second-order valence-electron chi connectivity index (χ2n) is 11.6. The van der Waals surface area contributed by atoms with Crippen LogP contribution in [0.5, 0.6) is 5.75 Å². The van der Waals surface area contributed by atoms with Crippen molar-refractivity contribution < 1.29 is 13.7 Å². The number of hydrogen-bond acceptors (Lipinski definition) is 5. The van der Waals surface area contributed by atoms with Gasteiger partial charge in [-0.25, -0.2) is 0 Å². The number of piperazine rings is 1. The summed E-state index contributed by atoms with van der Waals surface area (Å²) < 4.78 is 21.4. The van der Waals surface area contributed by atoms with Gasteiger partial charge in [0.1, 0.15) is 5.75 Å². The van der Waals surface area contributed by atoms with Gasteiger partial charge in [-0.3, -0.25) is 4.79 Å². The van der Waals surface area contributed by atoms with Crippen LogP contribution in [0.3, 0.4) is 0 Å². The Labute approximate surface area is 263 Å². The zero-order valence-electron chi connectivity index (χ0n) is 25.6. The number of benzene rings is 4. The van der Waals surface area contributed by atoms with Crippen molar-refractivity contribution in [1.82, 2.24) is 9.80 Å². The average Bonchev–Trinajstić information content (AvgIpc) is 3.08. The highest BCUT2D eigenvalue weighted by Crippen LogP contribution is 2.36. The zero-order valence-corrected chi connectivity index (χ0v) is 26.5. The summed E-state index contributed by atoms with van der Waals surface area (Å²) in [6.45, 7) is 5.81. The van der Waals surface area contributed by atoms with Crippen molar-refractivity contribution in [3.05, 3.63) is 119 Å². The number of fused-ring (bicyclic) bond motifs is 1. The predicted octanol–water partition coefficient (Wildman–Crippen LogP) is 5.25. The molecule has 1 atom stereocenters. The van der Waals surface area contributed by atoms with Crippen molar-refractivity contribution in [3.8, 4) is 5.75 Å². The van der Waals surface area contributed by atoms with Crippen molar-refractivity contribution in [3.63, 3.8) is 0 Å². The molecule has 44 heavy (non-hydrogen) atoms. The topological polar surface area (TPSA) is 56.3 Å². The Morgan fingerprint density at radius 3 is 2.16 bits per heavy atom. The van der Waals surface area contributed by atoms with Crippen LogP contribution in [0, 0.1) is 0 Å². The number of ether oxygens (including phenoxy) is 1. The molecule has 228 valence electrons. The lowest BCUT2D eigenvalue weighted by atomic mass is 9.95. The molecular weight excluding hydrogens is 568 g/mol. The number of hydrogen-bond donors (Lipinski definition) is 0. The minimum Gasteiger partial charge on any atom is -0.496 e. The van der Waals surface area contributed by atoms with Gasteiger partial charge in [0.2, 0.25) is 5.91 Å². The van der Waals surface area contributed by atoms with Crippen molar-refractivity contribution in [2.75, 3.05) is 56.1 Å². The van der Waals surface area contributed by atoms with Crippen LogP contribution in [0.1, 0.15) is 22.3 Å². The van der Waals surface area contributed by atoms with Gasteiger partial charge in [-0.05, 0) is 61.0 Å². The number of likely N-dealkylation sites (N-methyl/N-ethyl adjacent to an activating group) is 1. The van der Waals surface area contributed by atoms with Gasteiger partial charge in [-0.2, -0.15) is 4.31 Å². The maximum absolute atomic E-state index is 13.7. The summed E-state index contributed by atoms with van der Waals surface area (Å²) in [5, 5.41) is 0. The summed E-state index contributed by atoms with van der Waals surface area (Å²) >= 11 is 0. The monoisotopic (exact) mass is 609 g/mol. The summed E-state index contributed by atoms with van der Waals surface area (Å²) in [5.74, 6) is 1.03. The number of nitrogens with zero attached hydrogens (tertiary/aromatic N) is 4. The van der Waals surface area contributed by atoms with Crippen LogP contribution in [0.4, 0.5) is 11.4 Å². The summed E-state index contributed by atoms with van der Waals surface area (Å²) in [5.41, 5.74) is 6.56. The molecule has 0 radical (unpaired) electrons. The van der Waals surface area contributed by atoms with Gasteiger partial charge in [0.25, 0.3) is 0 Å². The van der Waals surface area contributed by atoms with Crippen molar-refractivity contribution >= 4 is 28.3 Å². The Bertz CT molecular complexity index is 1590. The van der Waals surface area contributed by atoms with E-state index in [-0.39, 0.29) is 5.91 Å². The molecule has 0 N–H and O–H groups in total. The minimum atomic E-state index is -1.82. The Kier molecular flexibility index (Phi) is 9.28. The summed E-state index contributed by atoms with van der Waals surface area (Å²) in [4.78, 5) is 21.2. The van der Waals surface area contributed by atoms with Crippen LogP contribution in [-0.4, -0.2) is 62.6 Å². The van der Waals surface area contributed by atoms with Crippen LogP contribution in [-0.2, 0) is 45.9 Å². The predicted molar refractivity (Wildman–Crippen MR) is 179 cm³/mol. The molecule has 4 aromatic rings. The normalized spacial score (nSPS) is 15.9. The molecule has 0 aliphatic carbocycles. The van der Waals surface area contributed by atoms with Gasteiger partial charge in [-0.15, -0.1) is 0 Å². The Morgan fingerprint density at radius 1 is 0.795 bits per heavy atom. The van der Waals surface area contributed by atoms with E-state index in [1.165, 1.54) is 16.8 Å². The number of anilines is 2. The van der Waals surface area contributed by atoms with Crippen LogP contribution in [0.15, 0.2) is 102 Å². The average molecular weight is 610 g/mol. The molecular formula is C36H41N4O3S+. The first-order chi connectivity index (χ1) is 21.5. The first-order valence-corrected chi connectivity index (χ1v) is 16.5. The molecule has 2 aliphatic rings. The first kappa shape index (κ1) is 29.9. The molecule has 1 fully saturated rings. The van der Waals surface area contributed by atoms with E-state index in [0.717, 1.165) is 60.1 Å². The van der Waals surface area contributed by atoms with E-state index in [9.17, 15) is 9.00 Å². The fourth-order valence-corrected chi connectivity index (χ4v) is 7.50. The fraction of sp³-hybridized carbons (Fsp3) is 0.306. The summed E-state index contributed by atoms with van der Waals surface area (Å²) in [6, 6.07) is 31.9. The Balaban J connectivity index is 1.18. The van der Waals surface area contributed by atoms with Crippen molar-refractivity contribution in [2.45, 2.75) is 30.8 Å². The molecule has 0 bridgehead atoms. The number of carbonyl (C=O) groups excluding carboxylic acids is 1. The maximum Gasteiger partial charge on any atom is 0.227 e. The molecule has 1 unspecified atom stereocenters. The van der Waals surface area contributed by atoms with E-state index in [0.29, 0.717) is 26.1 Å². The van der Waals surface area contributed by atoms with Crippen molar-refractivity contribution in [1.29, 1.82) is 0 Å². The van der Waals surface area contributed by atoms with E-state index < -0.39 is 11.0 Å². The number of carbonyl (C=O) groups is 1. The summed E-state index contributed by atoms with van der Waals surface area (Å²) in [6.07, 6.45) is 1.11. The van der Waals surface area contributed by atoms with E-state index in [1.807, 2.05) is 82.0 Å². The lowest BCUT2D eigenvalue weighted by molar-refractivity contribution is -0.131. The van der Waals surface area contributed by atoms with Crippen LogP contribution in [0.25, 0.3) is 0 Å². The minimum absolute atomic E-state index is 0.118. The lowest BCUT2D eigenvalue weighted by Crippen LogP contribution is -2.45. The molecule has 6 rings (SSSR count). The highest BCUT2D eigenvalue weighted by molar-refractivity contribution is 7.86. The molecule has 1 amide bonds. The third kappa shape index (κ3) is 6.66. The molecule has 2 heterocycles. The Morgan fingerprint density at radius 2 is 1.48 bits per heavy atom. The number of rotatable bonds is 9. The van der Waals surface area contributed by atoms with Gasteiger partial charge in [-0.1, -0.05) is 64.9 Å². The van der Waals surface area contributed by atoms with E-state index >= 15 is 0 Å². The molecule has 2 aliphatic heterocycles. The molecule has 0 spiro atoms. The lowest BCUT2D eigenvalue weighted by Gasteiger charge is -2.38. The highest BCUT2D eigenvalue weighted by atomic mass is 32.2. The molecule has 1 saturated heterocycles. The third-order valence-electron chi connectivity index (χ3n) is 8.72. The summed E-state index contributed by atoms with van der Waals surface area (Å²) in [7, 11) is 2.07. The fourth-order valence-electron chi connectivity index (χ4n) is 6.16. The zero-order chi connectivity index (χ0) is 30.5. The number of thiol groups is 1. The second-order valence-corrected chi connectivity index (χ2v) is 13.1. The van der Waals surface area contributed by atoms with E-state index in [1.54, 1.807) is 7.11 Å². The molecule has 7 nitrogen and oxygen atoms in total. The van der Waals surface area contributed by atoms with E-state index in [2.05, 4.69) is 41.1 Å². The number of methoxy groups -OCH3 is 1. The first-order valence-electron chi connectivity index (χ1n) is 15.3. The molecule has 0 aromatic heterocycles. The van der Waals surface area contributed by atoms with Crippen LogP contribution in [0.2, 0.25) is 0 Å². The third-order valence-corrected chi connectivity index (χ3v) is 10.3. The van der Waals surface area contributed by atoms with Crippen LogP contribution >= 0.6 is 0 Å². The van der Waals surface area contributed by atoms with Gasteiger partial charge in [0.15, 0.2) is 15.9 Å². The van der Waals surface area contributed by atoms with Gasteiger partial charge in [0, 0.05) is 56.1 Å². The molecule has 8 heteroatoms. The van der Waals surface area contributed by atoms with Gasteiger partial charge >= 0.3 is 0 Å². The quantitative estimate of drug-likeness (QED) is 0.192. The largest absolute Gasteiger partial charge is 0.496 e. The van der Waals surface area contributed by atoms with Gasteiger partial charge in [0.05, 0.1) is 25.8 Å². The Hall–Kier alpha value is -4.14. The second kappa shape index (κ2) is 13.7. The molecule has 0 saturated carbocycles.